The average Bonchev–Trinajstić information content (AvgIpc) is 2.76. The Labute approximate surface area is 195 Å². The van der Waals surface area contributed by atoms with E-state index >= 15 is 0 Å². The summed E-state index contributed by atoms with van der Waals surface area (Å²) in [6, 6.07) is 0.0284. The summed E-state index contributed by atoms with van der Waals surface area (Å²) >= 11 is 0. The number of hydrogen-bond acceptors (Lipinski definition) is 8. The number of benzene rings is 1. The van der Waals surface area contributed by atoms with Crippen LogP contribution in [0.2, 0.25) is 0 Å². The molecule has 0 heterocycles. The molecule has 0 fully saturated rings. The van der Waals surface area contributed by atoms with Crippen LogP contribution >= 0.6 is 0 Å². The lowest BCUT2D eigenvalue weighted by atomic mass is 10.0. The molecule has 0 aliphatic heterocycles. The van der Waals surface area contributed by atoms with Gasteiger partial charge in [0.2, 0.25) is 17.7 Å². The van der Waals surface area contributed by atoms with Gasteiger partial charge in [-0.2, -0.15) is 0 Å². The third-order valence-corrected chi connectivity index (χ3v) is 4.78. The van der Waals surface area contributed by atoms with Crippen molar-refractivity contribution in [3.05, 3.63) is 29.8 Å². The molecule has 1 rings (SSSR count). The molecule has 0 radical (unpaired) electrons. The summed E-state index contributed by atoms with van der Waals surface area (Å²) in [5.74, 6) is -6.16. The maximum atomic E-state index is 12.9. The molecule has 13 heteroatoms. The molecule has 188 valence electrons. The first-order chi connectivity index (χ1) is 15.8. The van der Waals surface area contributed by atoms with E-state index in [1.54, 1.807) is 0 Å². The number of aliphatic hydroxyl groups is 1. The highest BCUT2D eigenvalue weighted by Crippen LogP contribution is 2.12. The van der Waals surface area contributed by atoms with Crippen molar-refractivity contribution in [3.63, 3.8) is 0 Å². The molecule has 1 aromatic rings. The molecule has 0 aliphatic rings. The number of aliphatic carboxylic acids is 2. The van der Waals surface area contributed by atoms with Crippen LogP contribution in [0.25, 0.3) is 0 Å². The molecule has 0 spiro atoms. The van der Waals surface area contributed by atoms with Crippen molar-refractivity contribution in [2.24, 2.45) is 11.7 Å². The van der Waals surface area contributed by atoms with Crippen molar-refractivity contribution in [2.45, 2.75) is 50.9 Å². The van der Waals surface area contributed by atoms with Crippen molar-refractivity contribution in [1.82, 2.24) is 16.0 Å². The fraction of sp³-hybridized carbons (Fsp3) is 0.476. The molecule has 1 aromatic carbocycles. The normalized spacial score (nSPS) is 14.4. The molecule has 0 saturated carbocycles. The fourth-order valence-corrected chi connectivity index (χ4v) is 2.86. The van der Waals surface area contributed by atoms with Crippen LogP contribution < -0.4 is 21.7 Å². The molecule has 0 bridgehead atoms. The van der Waals surface area contributed by atoms with Gasteiger partial charge < -0.3 is 42.1 Å². The number of phenols is 1. The first-order valence-corrected chi connectivity index (χ1v) is 10.4. The Bertz CT molecular complexity index is 889. The van der Waals surface area contributed by atoms with Crippen LogP contribution in [0.5, 0.6) is 5.75 Å². The van der Waals surface area contributed by atoms with Gasteiger partial charge in [0, 0.05) is 6.42 Å². The molecule has 34 heavy (non-hydrogen) atoms. The molecule has 4 unspecified atom stereocenters. The predicted octanol–water partition coefficient (Wildman–Crippen LogP) is -2.08. The molecule has 9 N–H and O–H groups in total. The number of aliphatic hydroxyl groups excluding tert-OH is 1. The maximum absolute atomic E-state index is 12.9. The number of rotatable bonds is 13. The molecular weight excluding hydrogens is 452 g/mol. The van der Waals surface area contributed by atoms with E-state index in [0.29, 0.717) is 5.56 Å². The van der Waals surface area contributed by atoms with E-state index in [-0.39, 0.29) is 12.2 Å². The predicted molar refractivity (Wildman–Crippen MR) is 117 cm³/mol. The van der Waals surface area contributed by atoms with Gasteiger partial charge in [-0.3, -0.25) is 19.2 Å². The van der Waals surface area contributed by atoms with Gasteiger partial charge in [0.25, 0.3) is 0 Å². The van der Waals surface area contributed by atoms with Crippen molar-refractivity contribution >= 4 is 29.7 Å². The first kappa shape index (κ1) is 28.3. The number of amides is 3. The second-order valence-electron chi connectivity index (χ2n) is 7.95. The molecule has 0 aromatic heterocycles. The Hall–Kier alpha value is -3.71. The molecule has 13 nitrogen and oxygen atoms in total. The lowest BCUT2D eigenvalue weighted by molar-refractivity contribution is -0.144. The van der Waals surface area contributed by atoms with Crippen LogP contribution in [-0.2, 0) is 30.4 Å². The van der Waals surface area contributed by atoms with Gasteiger partial charge in [0.05, 0.1) is 13.0 Å². The first-order valence-electron chi connectivity index (χ1n) is 10.4. The number of phenolic OH excluding ortho intramolecular Hbond substituents is 1. The van der Waals surface area contributed by atoms with E-state index in [1.807, 2.05) is 0 Å². The van der Waals surface area contributed by atoms with E-state index in [2.05, 4.69) is 16.0 Å². The maximum Gasteiger partial charge on any atom is 0.326 e. The number of carbonyl (C=O) groups is 5. The van der Waals surface area contributed by atoms with Crippen LogP contribution in [0.3, 0.4) is 0 Å². The van der Waals surface area contributed by atoms with Crippen LogP contribution in [0.1, 0.15) is 25.8 Å². The molecule has 4 atom stereocenters. The summed E-state index contributed by atoms with van der Waals surface area (Å²) in [5.41, 5.74) is 5.98. The summed E-state index contributed by atoms with van der Waals surface area (Å²) in [4.78, 5) is 60.4. The third kappa shape index (κ3) is 9.03. The van der Waals surface area contributed by atoms with Crippen LogP contribution in [0.15, 0.2) is 24.3 Å². The minimum absolute atomic E-state index is 0.0348. The van der Waals surface area contributed by atoms with Crippen molar-refractivity contribution in [3.8, 4) is 5.75 Å². The number of hydrogen-bond donors (Lipinski definition) is 8. The Morgan fingerprint density at radius 1 is 0.882 bits per heavy atom. The SMILES string of the molecule is CC(C)C(NC(=O)C(CC(=O)O)NC(=O)C(Cc1ccc(O)cc1)NC(=O)C(N)CO)C(=O)O. The Kier molecular flexibility index (Phi) is 10.9. The number of nitrogens with one attached hydrogen (secondary N) is 3. The monoisotopic (exact) mass is 482 g/mol. The minimum atomic E-state index is -1.64. The quantitative estimate of drug-likeness (QED) is 0.153. The zero-order chi connectivity index (χ0) is 26.0. The third-order valence-electron chi connectivity index (χ3n) is 4.78. The second-order valence-corrected chi connectivity index (χ2v) is 7.95. The standard InChI is InChI=1S/C21H30N4O9/c1-10(2)17(21(33)34)25-20(32)15(8-16(28)29)24-19(31)14(23-18(30)13(22)9-26)7-11-3-5-12(27)6-4-11/h3-6,10,13-15,17,26-27H,7-9,22H2,1-2H3,(H,23,30)(H,24,31)(H,25,32)(H,28,29)(H,33,34). The zero-order valence-electron chi connectivity index (χ0n) is 18.7. The van der Waals surface area contributed by atoms with Gasteiger partial charge in [-0.15, -0.1) is 0 Å². The summed E-state index contributed by atoms with van der Waals surface area (Å²) < 4.78 is 0. The summed E-state index contributed by atoms with van der Waals surface area (Å²) in [6.45, 7) is 2.38. The molecular formula is C21H30N4O9. The number of nitrogens with two attached hydrogens (primary N) is 1. The van der Waals surface area contributed by atoms with Crippen LogP contribution in [0.4, 0.5) is 0 Å². The van der Waals surface area contributed by atoms with Crippen LogP contribution in [-0.4, -0.2) is 80.9 Å². The van der Waals surface area contributed by atoms with Gasteiger partial charge in [-0.1, -0.05) is 26.0 Å². The average molecular weight is 482 g/mol. The van der Waals surface area contributed by atoms with E-state index in [1.165, 1.54) is 38.1 Å². The second kappa shape index (κ2) is 13.1. The molecule has 3 amide bonds. The van der Waals surface area contributed by atoms with E-state index in [4.69, 9.17) is 15.9 Å². The van der Waals surface area contributed by atoms with Gasteiger partial charge in [0.1, 0.15) is 29.9 Å². The van der Waals surface area contributed by atoms with Crippen LogP contribution in [0, 0.1) is 5.92 Å². The number of carbonyl (C=O) groups excluding carboxylic acids is 3. The largest absolute Gasteiger partial charge is 0.508 e. The van der Waals surface area contributed by atoms with Crippen molar-refractivity contribution < 1.29 is 44.4 Å². The highest BCUT2D eigenvalue weighted by atomic mass is 16.4. The smallest absolute Gasteiger partial charge is 0.326 e. The fourth-order valence-electron chi connectivity index (χ4n) is 2.86. The Morgan fingerprint density at radius 2 is 1.41 bits per heavy atom. The Balaban J connectivity index is 3.13. The topological polar surface area (TPSA) is 228 Å². The van der Waals surface area contributed by atoms with Gasteiger partial charge in [0.15, 0.2) is 0 Å². The number of aromatic hydroxyl groups is 1. The van der Waals surface area contributed by atoms with E-state index in [0.717, 1.165) is 0 Å². The minimum Gasteiger partial charge on any atom is -0.508 e. The molecule has 0 saturated heterocycles. The van der Waals surface area contributed by atoms with Gasteiger partial charge >= 0.3 is 11.9 Å². The summed E-state index contributed by atoms with van der Waals surface area (Å²) in [7, 11) is 0. The van der Waals surface area contributed by atoms with E-state index in [9.17, 15) is 34.2 Å². The number of carboxylic acid groups (broad SMARTS) is 2. The van der Waals surface area contributed by atoms with E-state index < -0.39 is 72.8 Å². The molecule has 0 aliphatic carbocycles. The van der Waals surface area contributed by atoms with Crippen molar-refractivity contribution in [2.75, 3.05) is 6.61 Å². The van der Waals surface area contributed by atoms with Gasteiger partial charge in [-0.25, -0.2) is 4.79 Å². The summed E-state index contributed by atoms with van der Waals surface area (Å²) in [6.07, 6.45) is -0.973. The number of carboxylic acids is 2. The summed E-state index contributed by atoms with van der Waals surface area (Å²) in [5, 5.41) is 43.7. The lowest BCUT2D eigenvalue weighted by Crippen LogP contribution is -2.58. The van der Waals surface area contributed by atoms with Gasteiger partial charge in [-0.05, 0) is 23.6 Å². The highest BCUT2D eigenvalue weighted by molar-refractivity contribution is 5.95. The lowest BCUT2D eigenvalue weighted by Gasteiger charge is -2.25. The highest BCUT2D eigenvalue weighted by Gasteiger charge is 2.32. The van der Waals surface area contributed by atoms with Crippen molar-refractivity contribution in [1.29, 1.82) is 0 Å². The zero-order valence-corrected chi connectivity index (χ0v) is 18.7. The Morgan fingerprint density at radius 3 is 1.88 bits per heavy atom.